The average Bonchev–Trinajstić information content (AvgIpc) is 2.85. The van der Waals surface area contributed by atoms with Crippen LogP contribution in [-0.4, -0.2) is 34.8 Å². The number of carboxylic acids is 1. The van der Waals surface area contributed by atoms with E-state index in [2.05, 4.69) is 4.98 Å². The summed E-state index contributed by atoms with van der Waals surface area (Å²) < 4.78 is 11.9. The van der Waals surface area contributed by atoms with Gasteiger partial charge in [0.25, 0.3) is 0 Å². The summed E-state index contributed by atoms with van der Waals surface area (Å²) in [4.78, 5) is 14.8. The summed E-state index contributed by atoms with van der Waals surface area (Å²) in [5.41, 5.74) is 1.48. The van der Waals surface area contributed by atoms with E-state index in [0.717, 1.165) is 5.56 Å². The number of ether oxygens (including phenoxy) is 2. The second-order valence-electron chi connectivity index (χ2n) is 3.90. The van der Waals surface area contributed by atoms with Crippen molar-refractivity contribution in [3.05, 3.63) is 30.7 Å². The number of hydrogen-bond acceptors (Lipinski definition) is 4. The summed E-state index contributed by atoms with van der Waals surface area (Å²) in [7, 11) is 3.13. The number of methoxy groups -OCH3 is 2. The molecule has 19 heavy (non-hydrogen) atoms. The highest BCUT2D eigenvalue weighted by Gasteiger charge is 2.10. The van der Waals surface area contributed by atoms with Crippen molar-refractivity contribution >= 4 is 5.97 Å². The van der Waals surface area contributed by atoms with E-state index in [1.54, 1.807) is 43.2 Å². The number of rotatable bonds is 5. The Bertz CT molecular complexity index is 570. The summed E-state index contributed by atoms with van der Waals surface area (Å²) in [6.07, 6.45) is 3.09. The molecule has 0 unspecified atom stereocenters. The van der Waals surface area contributed by atoms with Crippen LogP contribution in [0.1, 0.15) is 0 Å². The van der Waals surface area contributed by atoms with Crippen LogP contribution in [0.15, 0.2) is 30.7 Å². The van der Waals surface area contributed by atoms with E-state index in [0.29, 0.717) is 17.2 Å². The van der Waals surface area contributed by atoms with Gasteiger partial charge in [-0.05, 0) is 12.1 Å². The van der Waals surface area contributed by atoms with Crippen LogP contribution >= 0.6 is 0 Å². The highest BCUT2D eigenvalue weighted by molar-refractivity contribution is 5.69. The quantitative estimate of drug-likeness (QED) is 0.886. The molecule has 6 nitrogen and oxygen atoms in total. The number of aliphatic carboxylic acids is 1. The Morgan fingerprint density at radius 3 is 2.42 bits per heavy atom. The number of benzene rings is 1. The van der Waals surface area contributed by atoms with Gasteiger partial charge in [0, 0.05) is 11.6 Å². The van der Waals surface area contributed by atoms with Gasteiger partial charge in [0.15, 0.2) is 0 Å². The molecular formula is C13H14N2O4. The first kappa shape index (κ1) is 12.9. The molecule has 0 spiro atoms. The highest BCUT2D eigenvalue weighted by atomic mass is 16.5. The Kier molecular flexibility index (Phi) is 3.70. The van der Waals surface area contributed by atoms with Crippen LogP contribution in [0.3, 0.4) is 0 Å². The number of carboxylic acid groups (broad SMARTS) is 1. The van der Waals surface area contributed by atoms with Crippen molar-refractivity contribution in [1.29, 1.82) is 0 Å². The Morgan fingerprint density at radius 2 is 1.89 bits per heavy atom. The first-order valence-electron chi connectivity index (χ1n) is 5.59. The lowest BCUT2D eigenvalue weighted by atomic mass is 10.1. The molecule has 0 amide bonds. The van der Waals surface area contributed by atoms with Crippen LogP contribution in [0.4, 0.5) is 0 Å². The Hall–Kier alpha value is -2.50. The Morgan fingerprint density at radius 1 is 1.26 bits per heavy atom. The fraction of sp³-hybridized carbons (Fsp3) is 0.231. The zero-order valence-electron chi connectivity index (χ0n) is 10.7. The lowest BCUT2D eigenvalue weighted by Crippen LogP contribution is -2.08. The minimum atomic E-state index is -0.922. The van der Waals surface area contributed by atoms with Crippen LogP contribution in [0.2, 0.25) is 0 Å². The Balaban J connectivity index is 2.46. The second-order valence-corrected chi connectivity index (χ2v) is 3.90. The largest absolute Gasteiger partial charge is 0.497 e. The number of nitrogens with zero attached hydrogens (tertiary/aromatic N) is 2. The van der Waals surface area contributed by atoms with Crippen LogP contribution in [0.25, 0.3) is 11.3 Å². The predicted molar refractivity (Wildman–Crippen MR) is 68.4 cm³/mol. The van der Waals surface area contributed by atoms with Crippen LogP contribution in [0, 0.1) is 0 Å². The molecule has 2 rings (SSSR count). The third-order valence-electron chi connectivity index (χ3n) is 2.67. The lowest BCUT2D eigenvalue weighted by Gasteiger charge is -2.10. The maximum absolute atomic E-state index is 10.8. The van der Waals surface area contributed by atoms with E-state index in [4.69, 9.17) is 14.6 Å². The third kappa shape index (κ3) is 2.85. The first-order chi connectivity index (χ1) is 9.13. The molecule has 0 saturated carbocycles. The fourth-order valence-electron chi connectivity index (χ4n) is 1.79. The summed E-state index contributed by atoms with van der Waals surface area (Å²) >= 11 is 0. The molecule has 0 bridgehead atoms. The molecule has 1 heterocycles. The van der Waals surface area contributed by atoms with Gasteiger partial charge in [0.1, 0.15) is 18.0 Å². The molecule has 0 aliphatic heterocycles. The summed E-state index contributed by atoms with van der Waals surface area (Å²) in [6.45, 7) is -0.144. The van der Waals surface area contributed by atoms with Gasteiger partial charge in [-0.15, -0.1) is 0 Å². The van der Waals surface area contributed by atoms with Crippen molar-refractivity contribution in [2.45, 2.75) is 6.54 Å². The molecule has 1 aromatic carbocycles. The van der Waals surface area contributed by atoms with Gasteiger partial charge in [0.05, 0.1) is 32.4 Å². The van der Waals surface area contributed by atoms with Gasteiger partial charge in [-0.1, -0.05) is 0 Å². The molecule has 1 N–H and O–H groups in total. The zero-order valence-corrected chi connectivity index (χ0v) is 10.7. The van der Waals surface area contributed by atoms with Crippen LogP contribution in [-0.2, 0) is 11.3 Å². The number of carbonyl (C=O) groups is 1. The van der Waals surface area contributed by atoms with E-state index in [9.17, 15) is 4.79 Å². The standard InChI is InChI=1S/C13H14N2O4/c1-18-10-3-9(4-11(5-10)19-2)12-6-14-8-15(12)7-13(16)17/h3-6,8H,7H2,1-2H3,(H,16,17). The van der Waals surface area contributed by atoms with Gasteiger partial charge in [-0.2, -0.15) is 0 Å². The van der Waals surface area contributed by atoms with Crippen molar-refractivity contribution in [1.82, 2.24) is 9.55 Å². The third-order valence-corrected chi connectivity index (χ3v) is 2.67. The molecule has 0 aliphatic rings. The van der Waals surface area contributed by atoms with E-state index < -0.39 is 5.97 Å². The van der Waals surface area contributed by atoms with Crippen molar-refractivity contribution in [3.63, 3.8) is 0 Å². The summed E-state index contributed by atoms with van der Waals surface area (Å²) in [5, 5.41) is 8.86. The SMILES string of the molecule is COc1cc(OC)cc(-c2cncn2CC(=O)O)c1. The van der Waals surface area contributed by atoms with Crippen molar-refractivity contribution in [2.75, 3.05) is 14.2 Å². The number of hydrogen-bond donors (Lipinski definition) is 1. The smallest absolute Gasteiger partial charge is 0.323 e. The second kappa shape index (κ2) is 5.43. The van der Waals surface area contributed by atoms with Gasteiger partial charge in [-0.25, -0.2) is 4.98 Å². The van der Waals surface area contributed by atoms with E-state index >= 15 is 0 Å². The normalized spacial score (nSPS) is 10.2. The monoisotopic (exact) mass is 262 g/mol. The molecule has 100 valence electrons. The van der Waals surface area contributed by atoms with Gasteiger partial charge < -0.3 is 19.1 Å². The summed E-state index contributed by atoms with van der Waals surface area (Å²) in [5.74, 6) is 0.351. The number of aromatic nitrogens is 2. The molecule has 2 aromatic rings. The predicted octanol–water partition coefficient (Wildman–Crippen LogP) is 1.65. The lowest BCUT2D eigenvalue weighted by molar-refractivity contribution is -0.137. The fourth-order valence-corrected chi connectivity index (χ4v) is 1.79. The molecule has 1 aromatic heterocycles. The molecule has 0 radical (unpaired) electrons. The molecule has 6 heteroatoms. The van der Waals surface area contributed by atoms with Crippen molar-refractivity contribution < 1.29 is 19.4 Å². The minimum Gasteiger partial charge on any atom is -0.497 e. The van der Waals surface area contributed by atoms with Crippen LogP contribution in [0.5, 0.6) is 11.5 Å². The minimum absolute atomic E-state index is 0.144. The van der Waals surface area contributed by atoms with E-state index in [1.807, 2.05) is 0 Å². The zero-order chi connectivity index (χ0) is 13.8. The topological polar surface area (TPSA) is 73.6 Å². The maximum Gasteiger partial charge on any atom is 0.323 e. The maximum atomic E-state index is 10.8. The highest BCUT2D eigenvalue weighted by Crippen LogP contribution is 2.29. The number of imidazole rings is 1. The average molecular weight is 262 g/mol. The molecular weight excluding hydrogens is 248 g/mol. The molecule has 0 aliphatic carbocycles. The van der Waals surface area contributed by atoms with Gasteiger partial charge >= 0.3 is 5.97 Å². The van der Waals surface area contributed by atoms with Crippen molar-refractivity contribution in [3.8, 4) is 22.8 Å². The van der Waals surface area contributed by atoms with Gasteiger partial charge in [0.2, 0.25) is 0 Å². The molecule has 0 atom stereocenters. The van der Waals surface area contributed by atoms with E-state index in [-0.39, 0.29) is 6.54 Å². The van der Waals surface area contributed by atoms with Crippen LogP contribution < -0.4 is 9.47 Å². The van der Waals surface area contributed by atoms with Crippen molar-refractivity contribution in [2.24, 2.45) is 0 Å². The molecule has 0 saturated heterocycles. The molecule has 0 fully saturated rings. The van der Waals surface area contributed by atoms with E-state index in [1.165, 1.54) is 6.33 Å². The summed E-state index contributed by atoms with van der Waals surface area (Å²) in [6, 6.07) is 5.36. The Labute approximate surface area is 110 Å². The first-order valence-corrected chi connectivity index (χ1v) is 5.59. The van der Waals surface area contributed by atoms with Gasteiger partial charge in [-0.3, -0.25) is 4.79 Å².